The molecule has 0 aliphatic carbocycles. The standard InChI is InChI=1S/C42H48FN9O5/c1-26-35(30-21-37(39(44)45-23-30)57-27(2)29-4-3-5-31(43)20-29)25-51(47-26)19-18-48-14-16-49(17-15-48)24-28-10-12-50(13-11-28)32-6-7-33-34(22-32)42(56)52(41(33)55)36-8-9-38(53)46-40(36)54/h3-7,20-23,25,27-28,36H,8-19,24H2,1-2H3,(H2,44,45)(H,46,53,54)/t27-,36?/m1/s1. The number of aromatic nitrogens is 3. The van der Waals surface area contributed by atoms with Crippen molar-refractivity contribution >= 4 is 35.1 Å². The number of benzene rings is 2. The van der Waals surface area contributed by atoms with Crippen LogP contribution in [0, 0.1) is 18.7 Å². The molecule has 8 rings (SSSR count). The molecule has 2 aromatic carbocycles. The molecule has 57 heavy (non-hydrogen) atoms. The van der Waals surface area contributed by atoms with E-state index >= 15 is 0 Å². The summed E-state index contributed by atoms with van der Waals surface area (Å²) in [5.74, 6) is -0.974. The van der Waals surface area contributed by atoms with Gasteiger partial charge in [-0.05, 0) is 81.0 Å². The smallest absolute Gasteiger partial charge is 0.262 e. The molecule has 3 fully saturated rings. The number of nitrogens with one attached hydrogen (secondary N) is 1. The number of fused-ring (bicyclic) bond motifs is 1. The van der Waals surface area contributed by atoms with Gasteiger partial charge in [-0.2, -0.15) is 5.10 Å². The van der Waals surface area contributed by atoms with Crippen molar-refractivity contribution in [3.63, 3.8) is 0 Å². The first-order valence-electron chi connectivity index (χ1n) is 19.8. The van der Waals surface area contributed by atoms with E-state index in [4.69, 9.17) is 15.6 Å². The van der Waals surface area contributed by atoms with E-state index in [0.29, 0.717) is 28.4 Å². The molecule has 0 bridgehead atoms. The van der Waals surface area contributed by atoms with E-state index in [9.17, 15) is 23.6 Å². The summed E-state index contributed by atoms with van der Waals surface area (Å²) < 4.78 is 21.9. The van der Waals surface area contributed by atoms with Crippen molar-refractivity contribution in [2.45, 2.75) is 58.2 Å². The highest BCUT2D eigenvalue weighted by molar-refractivity contribution is 6.23. The lowest BCUT2D eigenvalue weighted by Gasteiger charge is -2.39. The van der Waals surface area contributed by atoms with E-state index in [2.05, 4.69) is 25.0 Å². The summed E-state index contributed by atoms with van der Waals surface area (Å²) in [5.41, 5.74) is 11.1. The zero-order valence-electron chi connectivity index (χ0n) is 32.3. The summed E-state index contributed by atoms with van der Waals surface area (Å²) >= 11 is 0. The number of nitrogen functional groups attached to an aromatic ring is 1. The maximum atomic E-state index is 13.8. The van der Waals surface area contributed by atoms with E-state index in [0.717, 1.165) is 99.2 Å². The highest BCUT2D eigenvalue weighted by atomic mass is 19.1. The molecule has 6 heterocycles. The van der Waals surface area contributed by atoms with Crippen molar-refractivity contribution < 1.29 is 28.3 Å². The lowest BCUT2D eigenvalue weighted by molar-refractivity contribution is -0.136. The number of pyridine rings is 1. The third-order valence-corrected chi connectivity index (χ3v) is 11.8. The van der Waals surface area contributed by atoms with Crippen molar-refractivity contribution in [1.82, 2.24) is 34.8 Å². The van der Waals surface area contributed by atoms with Gasteiger partial charge in [-0.25, -0.2) is 9.37 Å². The molecule has 0 spiro atoms. The van der Waals surface area contributed by atoms with Crippen LogP contribution in [0.1, 0.15) is 70.7 Å². The van der Waals surface area contributed by atoms with Crippen molar-refractivity contribution in [1.29, 1.82) is 0 Å². The Balaban J connectivity index is 0.788. The van der Waals surface area contributed by atoms with Crippen LogP contribution in [0.2, 0.25) is 0 Å². The van der Waals surface area contributed by atoms with E-state index in [1.54, 1.807) is 24.4 Å². The number of ether oxygens (including phenoxy) is 1. The number of carbonyl (C=O) groups excluding carboxylic acids is 4. The Hall–Kier alpha value is -5.67. The van der Waals surface area contributed by atoms with Crippen LogP contribution in [0.15, 0.2) is 60.9 Å². The third-order valence-electron chi connectivity index (χ3n) is 11.8. The average Bonchev–Trinajstić information content (AvgIpc) is 3.70. The van der Waals surface area contributed by atoms with Crippen LogP contribution in [-0.2, 0) is 16.1 Å². The number of aryl methyl sites for hydroxylation is 1. The van der Waals surface area contributed by atoms with Gasteiger partial charge in [-0.15, -0.1) is 0 Å². The van der Waals surface area contributed by atoms with Crippen LogP contribution in [-0.4, -0.2) is 111 Å². The second kappa shape index (κ2) is 16.1. The van der Waals surface area contributed by atoms with Crippen LogP contribution < -0.4 is 20.7 Å². The number of carbonyl (C=O) groups is 4. The van der Waals surface area contributed by atoms with Gasteiger partial charge in [0, 0.05) is 88.0 Å². The fourth-order valence-corrected chi connectivity index (χ4v) is 8.46. The number of rotatable bonds is 11. The van der Waals surface area contributed by atoms with Crippen LogP contribution in [0.25, 0.3) is 11.1 Å². The molecule has 4 amide bonds. The Kier molecular flexibility index (Phi) is 10.8. The average molecular weight is 778 g/mol. The van der Waals surface area contributed by atoms with Gasteiger partial charge in [0.1, 0.15) is 18.0 Å². The van der Waals surface area contributed by atoms with E-state index < -0.39 is 29.9 Å². The Labute approximate surface area is 330 Å². The van der Waals surface area contributed by atoms with Crippen molar-refractivity contribution in [2.24, 2.45) is 5.92 Å². The number of imide groups is 2. The summed E-state index contributed by atoms with van der Waals surface area (Å²) in [4.78, 5) is 63.2. The minimum Gasteiger partial charge on any atom is -0.482 e. The minimum absolute atomic E-state index is 0.0961. The molecule has 4 aromatic rings. The number of nitrogens with zero attached hydrogens (tertiary/aromatic N) is 7. The number of halogens is 1. The number of hydrogen-bond acceptors (Lipinski definition) is 11. The number of piperidine rings is 2. The Bertz CT molecular complexity index is 2190. The van der Waals surface area contributed by atoms with Gasteiger partial charge in [-0.1, -0.05) is 12.1 Å². The highest BCUT2D eigenvalue weighted by Crippen LogP contribution is 2.34. The largest absolute Gasteiger partial charge is 0.482 e. The Morgan fingerprint density at radius 1 is 0.895 bits per heavy atom. The lowest BCUT2D eigenvalue weighted by atomic mass is 9.95. The topological polar surface area (TPSA) is 159 Å². The fourth-order valence-electron chi connectivity index (χ4n) is 8.46. The molecule has 14 nitrogen and oxygen atoms in total. The first-order chi connectivity index (χ1) is 27.5. The van der Waals surface area contributed by atoms with Crippen LogP contribution in [0.4, 0.5) is 15.9 Å². The molecule has 2 atom stereocenters. The molecule has 0 saturated carbocycles. The molecular weight excluding hydrogens is 730 g/mol. The maximum absolute atomic E-state index is 13.8. The van der Waals surface area contributed by atoms with Crippen LogP contribution in [0.5, 0.6) is 5.75 Å². The SMILES string of the molecule is Cc1nn(CCN2CCN(CC3CCN(c4ccc5c(c4)C(=O)N(C4CCC(=O)NC4=O)C5=O)CC3)CC2)cc1-c1cnc(N)c(O[C@H](C)c2cccc(F)c2)c1. The van der Waals surface area contributed by atoms with Crippen LogP contribution >= 0.6 is 0 Å². The maximum Gasteiger partial charge on any atom is 0.262 e. The first-order valence-corrected chi connectivity index (χ1v) is 19.8. The molecule has 4 aliphatic heterocycles. The molecule has 2 aromatic heterocycles. The monoisotopic (exact) mass is 777 g/mol. The number of anilines is 2. The second-order valence-electron chi connectivity index (χ2n) is 15.6. The summed E-state index contributed by atoms with van der Waals surface area (Å²) in [5, 5.41) is 7.04. The quantitative estimate of drug-likeness (QED) is 0.212. The second-order valence-corrected chi connectivity index (χ2v) is 15.6. The minimum atomic E-state index is -0.966. The molecule has 3 saturated heterocycles. The Morgan fingerprint density at radius 3 is 2.40 bits per heavy atom. The zero-order valence-corrected chi connectivity index (χ0v) is 32.3. The van der Waals surface area contributed by atoms with E-state index in [1.807, 2.05) is 42.9 Å². The number of amides is 4. The zero-order chi connectivity index (χ0) is 39.8. The summed E-state index contributed by atoms with van der Waals surface area (Å²) in [6.07, 6.45) is 5.67. The molecule has 0 radical (unpaired) electrons. The van der Waals surface area contributed by atoms with Gasteiger partial charge in [-0.3, -0.25) is 39.0 Å². The molecule has 3 N–H and O–H groups in total. The van der Waals surface area contributed by atoms with Crippen molar-refractivity contribution in [3.8, 4) is 16.9 Å². The number of nitrogens with two attached hydrogens (primary N) is 1. The van der Waals surface area contributed by atoms with Crippen molar-refractivity contribution in [2.75, 3.05) is 63.0 Å². The van der Waals surface area contributed by atoms with Gasteiger partial charge in [0.15, 0.2) is 11.6 Å². The number of piperazine rings is 1. The van der Waals surface area contributed by atoms with E-state index in [-0.39, 0.29) is 30.4 Å². The third kappa shape index (κ3) is 8.12. The molecule has 298 valence electrons. The van der Waals surface area contributed by atoms with Crippen molar-refractivity contribution in [3.05, 3.63) is 89.1 Å². The number of hydrogen-bond donors (Lipinski definition) is 2. The van der Waals surface area contributed by atoms with Gasteiger partial charge in [0.2, 0.25) is 11.8 Å². The molecule has 15 heteroatoms. The van der Waals surface area contributed by atoms with Gasteiger partial charge < -0.3 is 20.3 Å². The van der Waals surface area contributed by atoms with E-state index in [1.165, 1.54) is 12.1 Å². The highest BCUT2D eigenvalue weighted by Gasteiger charge is 2.45. The Morgan fingerprint density at radius 2 is 1.65 bits per heavy atom. The summed E-state index contributed by atoms with van der Waals surface area (Å²) in [7, 11) is 0. The van der Waals surface area contributed by atoms with Crippen LogP contribution in [0.3, 0.4) is 0 Å². The van der Waals surface area contributed by atoms with Gasteiger partial charge >= 0.3 is 0 Å². The summed E-state index contributed by atoms with van der Waals surface area (Å²) in [6.45, 7) is 12.3. The molecular formula is C42H48FN9O5. The predicted molar refractivity (Wildman–Crippen MR) is 211 cm³/mol. The first kappa shape index (κ1) is 38.2. The predicted octanol–water partition coefficient (Wildman–Crippen LogP) is 4.05. The molecule has 4 aliphatic rings. The van der Waals surface area contributed by atoms with Gasteiger partial charge in [0.25, 0.3) is 11.8 Å². The lowest BCUT2D eigenvalue weighted by Crippen LogP contribution is -2.54. The normalized spacial score (nSPS) is 20.2. The summed E-state index contributed by atoms with van der Waals surface area (Å²) in [6, 6.07) is 12.6. The van der Waals surface area contributed by atoms with Gasteiger partial charge in [0.05, 0.1) is 23.4 Å². The molecule has 1 unspecified atom stereocenters. The fraction of sp³-hybridized carbons (Fsp3) is 0.429.